The molecule has 0 unspecified atom stereocenters. The van der Waals surface area contributed by atoms with Gasteiger partial charge in [0.2, 0.25) is 0 Å². The van der Waals surface area contributed by atoms with Crippen molar-refractivity contribution in [3.63, 3.8) is 0 Å². The van der Waals surface area contributed by atoms with Crippen molar-refractivity contribution in [1.82, 2.24) is 0 Å². The van der Waals surface area contributed by atoms with Gasteiger partial charge in [-0.1, -0.05) is 12.2 Å². The molecule has 0 aromatic heterocycles. The minimum atomic E-state index is -0.275. The fraction of sp³-hybridized carbons (Fsp3) is 0.273. The first kappa shape index (κ1) is 11.1. The summed E-state index contributed by atoms with van der Waals surface area (Å²) in [7, 11) is 0. The third kappa shape index (κ3) is 2.77. The Hall–Kier alpha value is -0.960. The molecular weight excluding hydrogens is 197 g/mol. The highest BCUT2D eigenvalue weighted by atomic mass is 32.1. The van der Waals surface area contributed by atoms with E-state index >= 15 is 0 Å². The largest absolute Gasteiger partial charge is 0.398 e. The summed E-state index contributed by atoms with van der Waals surface area (Å²) >= 11 is 4.06. The first-order valence-corrected chi connectivity index (χ1v) is 5.11. The Morgan fingerprint density at radius 2 is 2.21 bits per heavy atom. The summed E-state index contributed by atoms with van der Waals surface area (Å²) in [6, 6.07) is 3.11. The van der Waals surface area contributed by atoms with Gasteiger partial charge in [-0.2, -0.15) is 12.6 Å². The third-order valence-electron chi connectivity index (χ3n) is 1.98. The SMILES string of the molecule is Cc1cc(C=CCCS)c(F)cc1N. The van der Waals surface area contributed by atoms with Gasteiger partial charge in [-0.05, 0) is 36.8 Å². The zero-order valence-electron chi connectivity index (χ0n) is 8.13. The van der Waals surface area contributed by atoms with Gasteiger partial charge in [-0.15, -0.1) is 0 Å². The van der Waals surface area contributed by atoms with Crippen molar-refractivity contribution in [2.75, 3.05) is 11.5 Å². The number of thiol groups is 1. The highest BCUT2D eigenvalue weighted by Crippen LogP contribution is 2.18. The molecule has 0 radical (unpaired) electrons. The Morgan fingerprint density at radius 1 is 1.50 bits per heavy atom. The molecule has 0 spiro atoms. The molecule has 1 rings (SSSR count). The van der Waals surface area contributed by atoms with Crippen LogP contribution in [0.25, 0.3) is 6.08 Å². The van der Waals surface area contributed by atoms with Crippen molar-refractivity contribution in [2.45, 2.75) is 13.3 Å². The average molecular weight is 211 g/mol. The number of anilines is 1. The van der Waals surface area contributed by atoms with E-state index in [9.17, 15) is 4.39 Å². The number of rotatable bonds is 3. The monoisotopic (exact) mass is 211 g/mol. The molecule has 1 nitrogen and oxygen atoms in total. The lowest BCUT2D eigenvalue weighted by atomic mass is 10.1. The van der Waals surface area contributed by atoms with Crippen LogP contribution in [0.1, 0.15) is 17.5 Å². The van der Waals surface area contributed by atoms with E-state index in [1.807, 2.05) is 13.0 Å². The van der Waals surface area contributed by atoms with Gasteiger partial charge < -0.3 is 5.73 Å². The van der Waals surface area contributed by atoms with Gasteiger partial charge in [0.1, 0.15) is 5.82 Å². The summed E-state index contributed by atoms with van der Waals surface area (Å²) < 4.78 is 13.3. The molecule has 3 heteroatoms. The Kier molecular flexibility index (Phi) is 4.01. The minimum Gasteiger partial charge on any atom is -0.398 e. The van der Waals surface area contributed by atoms with Crippen molar-refractivity contribution >= 4 is 24.4 Å². The molecule has 0 aliphatic rings. The van der Waals surface area contributed by atoms with Crippen molar-refractivity contribution in [3.05, 3.63) is 35.2 Å². The van der Waals surface area contributed by atoms with Gasteiger partial charge in [0, 0.05) is 11.3 Å². The summed E-state index contributed by atoms with van der Waals surface area (Å²) in [6.07, 6.45) is 4.50. The predicted molar refractivity (Wildman–Crippen MR) is 63.1 cm³/mol. The van der Waals surface area contributed by atoms with E-state index in [0.29, 0.717) is 11.3 Å². The Bertz CT molecular complexity index is 347. The zero-order valence-corrected chi connectivity index (χ0v) is 9.02. The van der Waals surface area contributed by atoms with Crippen LogP contribution in [0, 0.1) is 12.7 Å². The molecule has 0 heterocycles. The molecule has 0 saturated heterocycles. The van der Waals surface area contributed by atoms with E-state index in [0.717, 1.165) is 17.7 Å². The van der Waals surface area contributed by atoms with E-state index in [1.54, 1.807) is 12.1 Å². The highest BCUT2D eigenvalue weighted by Gasteiger charge is 2.01. The molecule has 2 N–H and O–H groups in total. The number of hydrogen-bond donors (Lipinski definition) is 2. The first-order chi connectivity index (χ1) is 6.65. The van der Waals surface area contributed by atoms with Crippen LogP contribution in [0.15, 0.2) is 18.2 Å². The van der Waals surface area contributed by atoms with Crippen LogP contribution in [0.3, 0.4) is 0 Å². The zero-order chi connectivity index (χ0) is 10.6. The number of allylic oxidation sites excluding steroid dienone is 1. The molecule has 0 saturated carbocycles. The minimum absolute atomic E-state index is 0.275. The van der Waals surface area contributed by atoms with Gasteiger partial charge in [0.15, 0.2) is 0 Å². The van der Waals surface area contributed by atoms with Crippen LogP contribution in [-0.4, -0.2) is 5.75 Å². The third-order valence-corrected chi connectivity index (χ3v) is 2.24. The standard InChI is InChI=1S/C11H14FNS/c1-8-6-9(4-2-3-5-14)10(12)7-11(8)13/h2,4,6-7,14H,3,5,13H2,1H3. The van der Waals surface area contributed by atoms with E-state index in [1.165, 1.54) is 6.07 Å². The Labute approximate surface area is 89.2 Å². The Balaban J connectivity index is 2.92. The summed E-state index contributed by atoms with van der Waals surface area (Å²) in [4.78, 5) is 0. The summed E-state index contributed by atoms with van der Waals surface area (Å²) in [5.41, 5.74) is 7.54. The average Bonchev–Trinajstić information content (AvgIpc) is 2.14. The second-order valence-corrected chi connectivity index (χ2v) is 3.59. The van der Waals surface area contributed by atoms with Crippen molar-refractivity contribution < 1.29 is 4.39 Å². The van der Waals surface area contributed by atoms with Gasteiger partial charge in [0.25, 0.3) is 0 Å². The lowest BCUT2D eigenvalue weighted by Gasteiger charge is -2.02. The quantitative estimate of drug-likeness (QED) is 0.583. The van der Waals surface area contributed by atoms with Gasteiger partial charge >= 0.3 is 0 Å². The summed E-state index contributed by atoms with van der Waals surface area (Å²) in [5.74, 6) is 0.495. The predicted octanol–water partition coefficient (Wildman–Crippen LogP) is 3.05. The van der Waals surface area contributed by atoms with Crippen LogP contribution in [0.2, 0.25) is 0 Å². The van der Waals surface area contributed by atoms with E-state index < -0.39 is 0 Å². The molecular formula is C11H14FNS. The topological polar surface area (TPSA) is 26.0 Å². The number of benzene rings is 1. The maximum absolute atomic E-state index is 13.3. The molecule has 76 valence electrons. The molecule has 0 amide bonds. The van der Waals surface area contributed by atoms with Gasteiger partial charge in [-0.3, -0.25) is 0 Å². The van der Waals surface area contributed by atoms with Crippen molar-refractivity contribution in [3.8, 4) is 0 Å². The van der Waals surface area contributed by atoms with Crippen LogP contribution in [-0.2, 0) is 0 Å². The summed E-state index contributed by atoms with van der Waals surface area (Å²) in [6.45, 7) is 1.87. The molecule has 1 aromatic carbocycles. The van der Waals surface area contributed by atoms with E-state index in [4.69, 9.17) is 5.73 Å². The van der Waals surface area contributed by atoms with Crippen molar-refractivity contribution in [1.29, 1.82) is 0 Å². The molecule has 0 atom stereocenters. The second kappa shape index (κ2) is 5.05. The number of hydrogen-bond acceptors (Lipinski definition) is 2. The van der Waals surface area contributed by atoms with Crippen LogP contribution < -0.4 is 5.73 Å². The lowest BCUT2D eigenvalue weighted by Crippen LogP contribution is -1.93. The lowest BCUT2D eigenvalue weighted by molar-refractivity contribution is 0.625. The van der Waals surface area contributed by atoms with Crippen molar-refractivity contribution in [2.24, 2.45) is 0 Å². The van der Waals surface area contributed by atoms with E-state index in [-0.39, 0.29) is 5.82 Å². The fourth-order valence-electron chi connectivity index (χ4n) is 1.13. The van der Waals surface area contributed by atoms with Gasteiger partial charge in [0.05, 0.1) is 0 Å². The second-order valence-electron chi connectivity index (χ2n) is 3.14. The maximum atomic E-state index is 13.3. The molecule has 1 aromatic rings. The van der Waals surface area contributed by atoms with Crippen LogP contribution in [0.5, 0.6) is 0 Å². The van der Waals surface area contributed by atoms with Gasteiger partial charge in [-0.25, -0.2) is 4.39 Å². The Morgan fingerprint density at radius 3 is 2.86 bits per heavy atom. The normalized spacial score (nSPS) is 11.1. The van der Waals surface area contributed by atoms with Crippen LogP contribution >= 0.6 is 12.6 Å². The molecule has 0 fully saturated rings. The van der Waals surface area contributed by atoms with Crippen LogP contribution in [0.4, 0.5) is 10.1 Å². The first-order valence-electron chi connectivity index (χ1n) is 4.48. The summed E-state index contributed by atoms with van der Waals surface area (Å²) in [5, 5.41) is 0. The molecule has 0 bridgehead atoms. The molecule has 14 heavy (non-hydrogen) atoms. The smallest absolute Gasteiger partial charge is 0.132 e. The number of nitrogens with two attached hydrogens (primary N) is 1. The number of halogens is 1. The molecule has 0 aliphatic carbocycles. The highest BCUT2D eigenvalue weighted by molar-refractivity contribution is 7.80. The maximum Gasteiger partial charge on any atom is 0.132 e. The number of aryl methyl sites for hydroxylation is 1. The van der Waals surface area contributed by atoms with E-state index in [2.05, 4.69) is 12.6 Å². The fourth-order valence-corrected chi connectivity index (χ4v) is 1.28. The number of nitrogen functional groups attached to an aromatic ring is 1. The molecule has 0 aliphatic heterocycles.